The van der Waals surface area contributed by atoms with Crippen molar-refractivity contribution in [3.63, 3.8) is 0 Å². The highest BCUT2D eigenvalue weighted by Gasteiger charge is 2.37. The third-order valence-corrected chi connectivity index (χ3v) is 5.94. The van der Waals surface area contributed by atoms with Gasteiger partial charge >= 0.3 is 0 Å². The lowest BCUT2D eigenvalue weighted by atomic mass is 10.1. The van der Waals surface area contributed by atoms with E-state index in [0.717, 1.165) is 11.3 Å². The molecule has 0 saturated heterocycles. The number of carbonyl (C=O) groups excluding carboxylic acids is 1. The van der Waals surface area contributed by atoms with Crippen LogP contribution in [-0.2, 0) is 0 Å². The SMILES string of the molecule is Cc1cc(F)c(C(=O)Nc2cccc(-c3nncn3C(C)C)n2)cc1[N+]1=CC(C2CC2)N=C1. The van der Waals surface area contributed by atoms with Gasteiger partial charge in [0.15, 0.2) is 11.9 Å². The third-order valence-electron chi connectivity index (χ3n) is 5.94. The molecular weight excluding hydrogens is 421 g/mol. The normalized spacial score (nSPS) is 17.5. The number of hydrogen-bond acceptors (Lipinski definition) is 5. The van der Waals surface area contributed by atoms with Crippen LogP contribution in [0.5, 0.6) is 0 Å². The molecule has 33 heavy (non-hydrogen) atoms. The first-order valence-electron chi connectivity index (χ1n) is 11.1. The molecular formula is C24H25FN7O+. The van der Waals surface area contributed by atoms with Crippen molar-refractivity contribution in [1.29, 1.82) is 0 Å². The second kappa shape index (κ2) is 8.31. The Labute approximate surface area is 190 Å². The van der Waals surface area contributed by atoms with Crippen LogP contribution in [0.2, 0.25) is 0 Å². The Hall–Kier alpha value is -3.75. The van der Waals surface area contributed by atoms with E-state index in [1.54, 1.807) is 36.9 Å². The molecule has 3 aromatic rings. The van der Waals surface area contributed by atoms with E-state index in [-0.39, 0.29) is 17.6 Å². The van der Waals surface area contributed by atoms with Crippen molar-refractivity contribution in [3.8, 4) is 11.5 Å². The molecule has 0 radical (unpaired) electrons. The second-order valence-electron chi connectivity index (χ2n) is 8.79. The van der Waals surface area contributed by atoms with Crippen LogP contribution in [0.1, 0.15) is 48.7 Å². The van der Waals surface area contributed by atoms with Gasteiger partial charge in [-0.2, -0.15) is 0 Å². The monoisotopic (exact) mass is 446 g/mol. The topological polar surface area (TPSA) is 88.1 Å². The molecule has 1 saturated carbocycles. The van der Waals surface area contributed by atoms with E-state index in [2.05, 4.69) is 25.5 Å². The number of rotatable bonds is 6. The Morgan fingerprint density at radius 1 is 1.27 bits per heavy atom. The largest absolute Gasteiger partial charge is 0.310 e. The fourth-order valence-corrected chi connectivity index (χ4v) is 3.94. The van der Waals surface area contributed by atoms with E-state index in [1.165, 1.54) is 18.9 Å². The first-order chi connectivity index (χ1) is 15.9. The molecule has 1 amide bonds. The number of nitrogens with zero attached hydrogens (tertiary/aromatic N) is 6. The summed E-state index contributed by atoms with van der Waals surface area (Å²) < 4.78 is 18.5. The standard InChI is InChI=1S/C24H24FN7O/c1-14(2)32-13-27-30-23(32)19-5-4-6-22(28-19)29-24(33)17-10-21(15(3)9-18(17)25)31-11-20(26-12-31)16-7-8-16/h4-6,9-14,16,20H,7-8H2,1-3H3/p+1. The number of aliphatic imine (C=N–C) groups is 1. The highest BCUT2D eigenvalue weighted by atomic mass is 19.1. The van der Waals surface area contributed by atoms with Gasteiger partial charge in [-0.15, -0.1) is 10.2 Å². The number of hydrogen-bond donors (Lipinski definition) is 1. The predicted octanol–water partition coefficient (Wildman–Crippen LogP) is 4.16. The number of benzene rings is 1. The summed E-state index contributed by atoms with van der Waals surface area (Å²) in [6.45, 7) is 5.86. The quantitative estimate of drug-likeness (QED) is 0.576. The zero-order valence-corrected chi connectivity index (χ0v) is 18.7. The van der Waals surface area contributed by atoms with E-state index in [1.807, 2.05) is 36.1 Å². The van der Waals surface area contributed by atoms with E-state index in [4.69, 9.17) is 0 Å². The smallest absolute Gasteiger partial charge is 0.285 e. The first kappa shape index (κ1) is 21.1. The molecule has 5 rings (SSSR count). The molecule has 1 aliphatic carbocycles. The lowest BCUT2D eigenvalue weighted by molar-refractivity contribution is -0.286. The fourth-order valence-electron chi connectivity index (χ4n) is 3.94. The van der Waals surface area contributed by atoms with Crippen molar-refractivity contribution in [2.45, 2.75) is 45.7 Å². The molecule has 2 aliphatic rings. The lowest BCUT2D eigenvalue weighted by Crippen LogP contribution is -2.16. The lowest BCUT2D eigenvalue weighted by Gasteiger charge is -2.11. The van der Waals surface area contributed by atoms with E-state index < -0.39 is 11.7 Å². The van der Waals surface area contributed by atoms with Gasteiger partial charge in [-0.3, -0.25) is 4.79 Å². The number of aryl methyl sites for hydroxylation is 1. The molecule has 1 fully saturated rings. The number of nitrogens with one attached hydrogen (secondary N) is 1. The summed E-state index contributed by atoms with van der Waals surface area (Å²) in [5.74, 6) is 0.340. The summed E-state index contributed by atoms with van der Waals surface area (Å²) in [5, 5.41) is 10.8. The minimum Gasteiger partial charge on any atom is -0.310 e. The van der Waals surface area contributed by atoms with Crippen molar-refractivity contribution in [3.05, 3.63) is 53.6 Å². The van der Waals surface area contributed by atoms with Crippen LogP contribution < -0.4 is 5.32 Å². The summed E-state index contributed by atoms with van der Waals surface area (Å²) >= 11 is 0. The third kappa shape index (κ3) is 4.18. The van der Waals surface area contributed by atoms with Crippen molar-refractivity contribution in [2.24, 2.45) is 10.9 Å². The van der Waals surface area contributed by atoms with Crippen molar-refractivity contribution in [1.82, 2.24) is 19.7 Å². The Morgan fingerprint density at radius 3 is 2.85 bits per heavy atom. The van der Waals surface area contributed by atoms with Gasteiger partial charge in [0.05, 0.1) is 5.56 Å². The molecule has 8 nitrogen and oxygen atoms in total. The van der Waals surface area contributed by atoms with Crippen LogP contribution in [-0.4, -0.2) is 48.8 Å². The maximum Gasteiger partial charge on any atom is 0.285 e. The molecule has 9 heteroatoms. The van der Waals surface area contributed by atoms with Gasteiger partial charge in [0.1, 0.15) is 35.6 Å². The van der Waals surface area contributed by atoms with Crippen LogP contribution in [0.4, 0.5) is 15.9 Å². The van der Waals surface area contributed by atoms with Crippen LogP contribution in [0.15, 0.2) is 41.7 Å². The first-order valence-corrected chi connectivity index (χ1v) is 11.1. The minimum absolute atomic E-state index is 0.0511. The molecule has 1 aromatic carbocycles. The predicted molar refractivity (Wildman–Crippen MR) is 124 cm³/mol. The Balaban J connectivity index is 1.41. The second-order valence-corrected chi connectivity index (χ2v) is 8.79. The van der Waals surface area contributed by atoms with Gasteiger partial charge in [-0.1, -0.05) is 11.1 Å². The Bertz CT molecular complexity index is 1290. The number of aromatic nitrogens is 4. The molecule has 1 aliphatic heterocycles. The van der Waals surface area contributed by atoms with Crippen molar-refractivity contribution < 1.29 is 13.8 Å². The molecule has 1 atom stereocenters. The molecule has 0 bridgehead atoms. The number of carbonyl (C=O) groups is 1. The molecule has 2 aromatic heterocycles. The number of anilines is 1. The van der Waals surface area contributed by atoms with E-state index in [9.17, 15) is 9.18 Å². The maximum absolute atomic E-state index is 14.8. The molecule has 1 unspecified atom stereocenters. The highest BCUT2D eigenvalue weighted by Crippen LogP contribution is 2.35. The van der Waals surface area contributed by atoms with Gasteiger partial charge < -0.3 is 9.88 Å². The average molecular weight is 447 g/mol. The van der Waals surface area contributed by atoms with Gasteiger partial charge in [-0.05, 0) is 57.4 Å². The summed E-state index contributed by atoms with van der Waals surface area (Å²) in [6.07, 6.45) is 7.79. The summed E-state index contributed by atoms with van der Waals surface area (Å²) in [4.78, 5) is 22.0. The zero-order chi connectivity index (χ0) is 23.1. The summed E-state index contributed by atoms with van der Waals surface area (Å²) in [6, 6.07) is 8.48. The molecule has 168 valence electrons. The van der Waals surface area contributed by atoms with Gasteiger partial charge in [0, 0.05) is 18.0 Å². The zero-order valence-electron chi connectivity index (χ0n) is 18.7. The highest BCUT2D eigenvalue weighted by molar-refractivity contribution is 6.04. The van der Waals surface area contributed by atoms with Crippen LogP contribution in [0.3, 0.4) is 0 Å². The van der Waals surface area contributed by atoms with E-state index >= 15 is 0 Å². The maximum atomic E-state index is 14.8. The molecule has 3 heterocycles. The van der Waals surface area contributed by atoms with Gasteiger partial charge in [-0.25, -0.2) is 13.9 Å². The Kier molecular flexibility index (Phi) is 5.32. The molecule has 0 spiro atoms. The van der Waals surface area contributed by atoms with E-state index in [0.29, 0.717) is 23.3 Å². The minimum atomic E-state index is -0.584. The van der Waals surface area contributed by atoms with Crippen molar-refractivity contribution >= 4 is 30.0 Å². The summed E-state index contributed by atoms with van der Waals surface area (Å²) in [5.41, 5.74) is 1.99. The van der Waals surface area contributed by atoms with Crippen LogP contribution in [0, 0.1) is 18.7 Å². The summed E-state index contributed by atoms with van der Waals surface area (Å²) in [7, 11) is 0. The van der Waals surface area contributed by atoms with Crippen molar-refractivity contribution in [2.75, 3.05) is 5.32 Å². The van der Waals surface area contributed by atoms with Gasteiger partial charge in [0.2, 0.25) is 0 Å². The van der Waals surface area contributed by atoms with Crippen LogP contribution >= 0.6 is 0 Å². The number of halogens is 1. The number of amides is 1. The number of pyridine rings is 1. The van der Waals surface area contributed by atoms with Gasteiger partial charge in [0.25, 0.3) is 12.2 Å². The molecule has 1 N–H and O–H groups in total. The van der Waals surface area contributed by atoms with Crippen LogP contribution in [0.25, 0.3) is 11.5 Å². The Morgan fingerprint density at radius 2 is 2.09 bits per heavy atom. The fraction of sp³-hybridized carbons (Fsp3) is 0.333. The average Bonchev–Trinajstić information content (AvgIpc) is 3.31.